The van der Waals surface area contributed by atoms with E-state index in [1.54, 1.807) is 0 Å². The predicted octanol–water partition coefficient (Wildman–Crippen LogP) is 3.52. The number of carboxylic acid groups (broad SMARTS) is 1. The van der Waals surface area contributed by atoms with Gasteiger partial charge in [-0.25, -0.2) is 0 Å². The van der Waals surface area contributed by atoms with Crippen LogP contribution in [0.25, 0.3) is 0 Å². The molecule has 0 aliphatic carbocycles. The number of nitrogens with zero attached hydrogens (tertiary/aromatic N) is 2. The number of benzene rings is 2. The third-order valence-corrected chi connectivity index (χ3v) is 5.05. The van der Waals surface area contributed by atoms with Crippen LogP contribution >= 0.6 is 11.6 Å². The van der Waals surface area contributed by atoms with Crippen molar-refractivity contribution in [2.75, 3.05) is 26.2 Å². The fraction of sp³-hybridized carbons (Fsp3) is 0.350. The van der Waals surface area contributed by atoms with Gasteiger partial charge in [0, 0.05) is 30.7 Å². The van der Waals surface area contributed by atoms with E-state index >= 15 is 0 Å². The number of hydrogen-bond donors (Lipinski definition) is 1. The molecule has 0 saturated carbocycles. The van der Waals surface area contributed by atoms with Gasteiger partial charge in [0.2, 0.25) is 0 Å². The highest BCUT2D eigenvalue weighted by Gasteiger charge is 2.30. The van der Waals surface area contributed by atoms with Crippen LogP contribution in [0.4, 0.5) is 0 Å². The first-order valence-corrected chi connectivity index (χ1v) is 8.92. The minimum atomic E-state index is -0.766. The first kappa shape index (κ1) is 17.9. The van der Waals surface area contributed by atoms with Crippen LogP contribution in [-0.2, 0) is 4.79 Å². The van der Waals surface area contributed by atoms with Crippen molar-refractivity contribution in [1.29, 1.82) is 0 Å². The summed E-state index contributed by atoms with van der Waals surface area (Å²) < 4.78 is 0. The Morgan fingerprint density at radius 3 is 2.36 bits per heavy atom. The van der Waals surface area contributed by atoms with Crippen LogP contribution < -0.4 is 0 Å². The van der Waals surface area contributed by atoms with Crippen LogP contribution in [0.2, 0.25) is 5.02 Å². The van der Waals surface area contributed by atoms with Gasteiger partial charge in [0.15, 0.2) is 0 Å². The van der Waals surface area contributed by atoms with Crippen molar-refractivity contribution in [1.82, 2.24) is 9.80 Å². The number of halogens is 1. The van der Waals surface area contributed by atoms with Crippen molar-refractivity contribution in [3.05, 3.63) is 70.7 Å². The van der Waals surface area contributed by atoms with Gasteiger partial charge >= 0.3 is 5.97 Å². The zero-order chi connectivity index (χ0) is 17.8. The van der Waals surface area contributed by atoms with E-state index in [2.05, 4.69) is 48.2 Å². The molecule has 0 spiro atoms. The molecule has 0 radical (unpaired) electrons. The van der Waals surface area contributed by atoms with Crippen molar-refractivity contribution < 1.29 is 9.90 Å². The second kappa shape index (κ2) is 8.00. The first-order chi connectivity index (χ1) is 12.0. The van der Waals surface area contributed by atoms with Crippen molar-refractivity contribution in [2.45, 2.75) is 19.0 Å². The Hall–Kier alpha value is -1.88. The van der Waals surface area contributed by atoms with E-state index < -0.39 is 5.97 Å². The maximum Gasteiger partial charge on any atom is 0.317 e. The van der Waals surface area contributed by atoms with Gasteiger partial charge in [-0.2, -0.15) is 0 Å². The van der Waals surface area contributed by atoms with E-state index in [0.717, 1.165) is 24.7 Å². The fourth-order valence-electron chi connectivity index (χ4n) is 3.56. The molecule has 2 aromatic carbocycles. The third kappa shape index (κ3) is 4.40. The first-order valence-electron chi connectivity index (χ1n) is 8.55. The Morgan fingerprint density at radius 1 is 1.12 bits per heavy atom. The van der Waals surface area contributed by atoms with Crippen molar-refractivity contribution in [3.63, 3.8) is 0 Å². The lowest BCUT2D eigenvalue weighted by Gasteiger charge is -2.43. The smallest absolute Gasteiger partial charge is 0.317 e. The molecule has 4 nitrogen and oxygen atoms in total. The van der Waals surface area contributed by atoms with Crippen LogP contribution in [0.1, 0.15) is 24.1 Å². The van der Waals surface area contributed by atoms with E-state index in [4.69, 9.17) is 16.7 Å². The maximum atomic E-state index is 11.0. The summed E-state index contributed by atoms with van der Waals surface area (Å²) in [6.45, 7) is 4.62. The van der Waals surface area contributed by atoms with Gasteiger partial charge in [-0.15, -0.1) is 0 Å². The molecule has 0 aromatic heterocycles. The normalized spacial score (nSPS) is 20.3. The monoisotopic (exact) mass is 358 g/mol. The Morgan fingerprint density at radius 2 is 1.76 bits per heavy atom. The van der Waals surface area contributed by atoms with Gasteiger partial charge in [-0.05, 0) is 30.2 Å². The van der Waals surface area contributed by atoms with Crippen molar-refractivity contribution in [3.8, 4) is 0 Å². The second-order valence-corrected chi connectivity index (χ2v) is 7.01. The lowest BCUT2D eigenvalue weighted by Crippen LogP contribution is -2.54. The summed E-state index contributed by atoms with van der Waals surface area (Å²) in [6.07, 6.45) is 0. The van der Waals surface area contributed by atoms with E-state index in [0.29, 0.717) is 0 Å². The minimum absolute atomic E-state index is 0.103. The molecule has 2 atom stereocenters. The van der Waals surface area contributed by atoms with Gasteiger partial charge in [-0.3, -0.25) is 14.6 Å². The van der Waals surface area contributed by atoms with Crippen LogP contribution in [-0.4, -0.2) is 53.1 Å². The Balaban J connectivity index is 1.86. The third-order valence-electron chi connectivity index (χ3n) is 4.80. The molecule has 1 aliphatic heterocycles. The number of carboxylic acids is 1. The topological polar surface area (TPSA) is 43.8 Å². The summed E-state index contributed by atoms with van der Waals surface area (Å²) in [7, 11) is 0. The van der Waals surface area contributed by atoms with Crippen molar-refractivity contribution in [2.24, 2.45) is 0 Å². The molecule has 132 valence electrons. The molecule has 25 heavy (non-hydrogen) atoms. The van der Waals surface area contributed by atoms with Crippen LogP contribution in [0.15, 0.2) is 54.6 Å². The maximum absolute atomic E-state index is 11.0. The van der Waals surface area contributed by atoms with Gasteiger partial charge < -0.3 is 5.11 Å². The van der Waals surface area contributed by atoms with E-state index in [-0.39, 0.29) is 18.6 Å². The molecule has 0 bridgehead atoms. The average Bonchev–Trinajstić information content (AvgIpc) is 2.60. The summed E-state index contributed by atoms with van der Waals surface area (Å²) in [5, 5.41) is 9.80. The molecular formula is C20H23ClN2O2. The molecule has 2 aromatic rings. The molecule has 1 N–H and O–H groups in total. The SMILES string of the molecule is C[C@@H]1CN(C(c2ccccc2)c2ccc(Cl)cc2)CCN1CC(=O)O. The molecule has 1 unspecified atom stereocenters. The Labute approximate surface area is 153 Å². The number of hydrogen-bond acceptors (Lipinski definition) is 3. The molecule has 3 rings (SSSR count). The molecular weight excluding hydrogens is 336 g/mol. The second-order valence-electron chi connectivity index (χ2n) is 6.57. The summed E-state index contributed by atoms with van der Waals surface area (Å²) in [5.41, 5.74) is 2.44. The van der Waals surface area contributed by atoms with Gasteiger partial charge in [-0.1, -0.05) is 54.1 Å². The molecule has 1 aliphatic rings. The zero-order valence-electron chi connectivity index (χ0n) is 14.3. The van der Waals surface area contributed by atoms with Crippen LogP contribution in [0, 0.1) is 0 Å². The highest BCUT2D eigenvalue weighted by Crippen LogP contribution is 2.31. The average molecular weight is 359 g/mol. The standard InChI is InChI=1S/C20H23ClN2O2/c1-15-13-23(12-11-22(15)14-19(24)25)20(16-5-3-2-4-6-16)17-7-9-18(21)10-8-17/h2-10,15,20H,11-14H2,1H3,(H,24,25)/t15-,20?/m1/s1. The van der Waals surface area contributed by atoms with E-state index in [9.17, 15) is 4.79 Å². The number of piperazine rings is 1. The molecule has 1 fully saturated rings. The quantitative estimate of drug-likeness (QED) is 0.888. The zero-order valence-corrected chi connectivity index (χ0v) is 15.1. The highest BCUT2D eigenvalue weighted by atomic mass is 35.5. The van der Waals surface area contributed by atoms with Gasteiger partial charge in [0.25, 0.3) is 0 Å². The van der Waals surface area contributed by atoms with Crippen molar-refractivity contribution >= 4 is 17.6 Å². The highest BCUT2D eigenvalue weighted by molar-refractivity contribution is 6.30. The number of aliphatic carboxylic acids is 1. The molecule has 1 saturated heterocycles. The predicted molar refractivity (Wildman–Crippen MR) is 100.0 cm³/mol. The Bertz CT molecular complexity index is 705. The number of rotatable bonds is 5. The summed E-state index contributed by atoms with van der Waals surface area (Å²) >= 11 is 6.06. The fourth-order valence-corrected chi connectivity index (χ4v) is 3.69. The van der Waals surface area contributed by atoms with E-state index in [1.165, 1.54) is 11.1 Å². The summed E-state index contributed by atoms with van der Waals surface area (Å²) in [6, 6.07) is 18.8. The molecule has 1 heterocycles. The van der Waals surface area contributed by atoms with Crippen LogP contribution in [0.3, 0.4) is 0 Å². The summed E-state index contributed by atoms with van der Waals surface area (Å²) in [5.74, 6) is -0.766. The lowest BCUT2D eigenvalue weighted by atomic mass is 9.95. The number of carbonyl (C=O) groups is 1. The summed E-state index contributed by atoms with van der Waals surface area (Å²) in [4.78, 5) is 15.5. The van der Waals surface area contributed by atoms with Gasteiger partial charge in [0.05, 0.1) is 12.6 Å². The lowest BCUT2D eigenvalue weighted by molar-refractivity contribution is -0.139. The van der Waals surface area contributed by atoms with Crippen LogP contribution in [0.5, 0.6) is 0 Å². The molecule has 0 amide bonds. The molecule has 5 heteroatoms. The Kier molecular flexibility index (Phi) is 5.74. The van der Waals surface area contributed by atoms with E-state index in [1.807, 2.05) is 23.1 Å². The van der Waals surface area contributed by atoms with Gasteiger partial charge in [0.1, 0.15) is 0 Å². The largest absolute Gasteiger partial charge is 0.480 e. The minimum Gasteiger partial charge on any atom is -0.480 e.